The Bertz CT molecular complexity index is 751. The molecule has 4 radical (unpaired) electrons. The number of carbonyl (C=O) groups is 2. The summed E-state index contributed by atoms with van der Waals surface area (Å²) in [6.45, 7) is 11.4. The van der Waals surface area contributed by atoms with Gasteiger partial charge < -0.3 is 43.6 Å². The summed E-state index contributed by atoms with van der Waals surface area (Å²) >= 11 is 0. The van der Waals surface area contributed by atoms with E-state index in [0.717, 1.165) is 6.42 Å². The molecule has 2 unspecified atom stereocenters. The van der Waals surface area contributed by atoms with Gasteiger partial charge in [0.25, 0.3) is 0 Å². The van der Waals surface area contributed by atoms with Gasteiger partial charge in [0.2, 0.25) is 5.91 Å². The van der Waals surface area contributed by atoms with Crippen LogP contribution in [0.3, 0.4) is 0 Å². The highest BCUT2D eigenvalue weighted by molar-refractivity contribution is 6.12. The number of carbonyl (C=O) groups excluding carboxylic acids is 2. The van der Waals surface area contributed by atoms with E-state index in [1.165, 1.54) is 7.05 Å². The molecule has 236 valence electrons. The van der Waals surface area contributed by atoms with Crippen molar-refractivity contribution in [3.8, 4) is 0 Å². The molecule has 0 aromatic rings. The largest absolute Gasteiger partial charge is 0.457 e. The zero-order chi connectivity index (χ0) is 30.6. The molecule has 2 N–H and O–H groups in total. The van der Waals surface area contributed by atoms with Crippen molar-refractivity contribution < 1.29 is 47.9 Å². The van der Waals surface area contributed by atoms with Gasteiger partial charge in [-0.1, -0.05) is 21.3 Å². The van der Waals surface area contributed by atoms with Gasteiger partial charge in [0.05, 0.1) is 43.0 Å². The molecule has 0 aromatic carbocycles. The van der Waals surface area contributed by atoms with E-state index in [2.05, 4.69) is 5.32 Å². The van der Waals surface area contributed by atoms with Crippen LogP contribution in [0.15, 0.2) is 0 Å². The molecule has 2 aliphatic heterocycles. The van der Waals surface area contributed by atoms with Crippen LogP contribution in [0.5, 0.6) is 0 Å². The zero-order valence-electron chi connectivity index (χ0n) is 25.5. The van der Waals surface area contributed by atoms with E-state index in [1.807, 2.05) is 41.5 Å². The lowest BCUT2D eigenvalue weighted by Crippen LogP contribution is -2.43. The lowest BCUT2D eigenvalue weighted by molar-refractivity contribution is -0.163. The third kappa shape index (κ3) is 12.1. The molecule has 13 heteroatoms. The van der Waals surface area contributed by atoms with Crippen molar-refractivity contribution in [3.63, 3.8) is 0 Å². The summed E-state index contributed by atoms with van der Waals surface area (Å²) in [4.78, 5) is 23.3. The number of aliphatic hydroxyl groups is 1. The first-order valence-corrected chi connectivity index (χ1v) is 14.1. The first kappa shape index (κ1) is 39.8. The Hall–Kier alpha value is -1.21. The molecule has 11 nitrogen and oxygen atoms in total. The predicted octanol–water partition coefficient (Wildman–Crippen LogP) is 1.63. The van der Waals surface area contributed by atoms with Crippen LogP contribution in [0, 0.1) is 0 Å². The first-order valence-electron chi connectivity index (χ1n) is 14.1. The molecule has 1 amide bonds. The van der Waals surface area contributed by atoms with E-state index in [1.54, 1.807) is 14.2 Å². The minimum absolute atomic E-state index is 0. The maximum Gasteiger partial charge on any atom is 0.306 e. The monoisotopic (exact) mass is 585 g/mol. The molecule has 12 atom stereocenters. The molecular formula is C28H53B2NO10. The van der Waals surface area contributed by atoms with Crippen LogP contribution in [-0.2, 0) is 42.7 Å². The fourth-order valence-corrected chi connectivity index (χ4v) is 4.29. The van der Waals surface area contributed by atoms with Gasteiger partial charge in [-0.2, -0.15) is 0 Å². The second-order valence-corrected chi connectivity index (χ2v) is 10.2. The second kappa shape index (κ2) is 19.9. The van der Waals surface area contributed by atoms with Crippen LogP contribution in [0.4, 0.5) is 0 Å². The fourth-order valence-electron chi connectivity index (χ4n) is 4.29. The molecule has 2 heterocycles. The van der Waals surface area contributed by atoms with Gasteiger partial charge in [-0.15, -0.1) is 0 Å². The van der Waals surface area contributed by atoms with Gasteiger partial charge in [0.15, 0.2) is 6.10 Å². The van der Waals surface area contributed by atoms with Crippen LogP contribution in [0.2, 0.25) is 0 Å². The minimum Gasteiger partial charge on any atom is -0.457 e. The van der Waals surface area contributed by atoms with Gasteiger partial charge in [0.1, 0.15) is 34.0 Å². The van der Waals surface area contributed by atoms with Crippen LogP contribution >= 0.6 is 0 Å². The molecule has 2 saturated heterocycles. The van der Waals surface area contributed by atoms with Crippen LogP contribution in [0.1, 0.15) is 74.7 Å². The van der Waals surface area contributed by atoms with E-state index in [9.17, 15) is 14.7 Å². The van der Waals surface area contributed by atoms with Crippen molar-refractivity contribution in [3.05, 3.63) is 0 Å². The Morgan fingerprint density at radius 2 is 1.27 bits per heavy atom. The summed E-state index contributed by atoms with van der Waals surface area (Å²) in [7, 11) is 16.5. The maximum atomic E-state index is 12.0. The summed E-state index contributed by atoms with van der Waals surface area (Å²) in [5.41, 5.74) is 0. The second-order valence-electron chi connectivity index (χ2n) is 10.2. The Morgan fingerprint density at radius 3 is 1.71 bits per heavy atom. The van der Waals surface area contributed by atoms with Crippen LogP contribution in [0.25, 0.3) is 0 Å². The van der Waals surface area contributed by atoms with Crippen molar-refractivity contribution in [2.24, 2.45) is 0 Å². The fraction of sp³-hybridized carbons (Fsp3) is 0.929. The number of amides is 1. The van der Waals surface area contributed by atoms with E-state index >= 15 is 0 Å². The quantitative estimate of drug-likeness (QED) is 0.229. The number of nitrogens with one attached hydrogen (secondary N) is 1. The molecule has 2 fully saturated rings. The van der Waals surface area contributed by atoms with Crippen molar-refractivity contribution in [1.82, 2.24) is 5.32 Å². The van der Waals surface area contributed by atoms with Crippen molar-refractivity contribution in [1.29, 1.82) is 0 Å². The Kier molecular flexibility index (Phi) is 19.3. The van der Waals surface area contributed by atoms with Gasteiger partial charge in [-0.25, -0.2) is 0 Å². The smallest absolute Gasteiger partial charge is 0.306 e. The third-order valence-electron chi connectivity index (χ3n) is 7.44. The molecule has 0 aromatic heterocycles. The highest BCUT2D eigenvalue weighted by atomic mass is 16.6. The standard InChI is InChI=1S/C16H28BNO6.C11H21BO4.CH4/c1-6-11-14(24-13(20)8-7-12(19)18-4)15(16(17)23-11)22-10(3)9(2)21-5;1-5-8-9(13)10(11(12)16-8)15-7(3)6(2)14-4;/h9-11,14-16H,6-8H2,1-5H3,(H,18,19);6-11,13H,5H2,1-4H3;1H4/t9-,10-,11-,14?,15+,16-;6-,7-,8-,9?,10+,11-;/m11./s1. The summed E-state index contributed by atoms with van der Waals surface area (Å²) in [6.07, 6.45) is -1.99. The molecule has 2 rings (SSSR count). The third-order valence-corrected chi connectivity index (χ3v) is 7.44. The van der Waals surface area contributed by atoms with Crippen LogP contribution in [-0.4, -0.2) is 127 Å². The minimum atomic E-state index is -0.682. The maximum absolute atomic E-state index is 12.0. The van der Waals surface area contributed by atoms with E-state index in [0.29, 0.717) is 6.42 Å². The van der Waals surface area contributed by atoms with E-state index in [4.69, 9.17) is 48.9 Å². The summed E-state index contributed by atoms with van der Waals surface area (Å²) < 4.78 is 38.6. The Labute approximate surface area is 249 Å². The number of esters is 1. The van der Waals surface area contributed by atoms with Gasteiger partial charge in [-0.3, -0.25) is 9.59 Å². The van der Waals surface area contributed by atoms with Gasteiger partial charge in [-0.05, 0) is 40.5 Å². The number of hydrogen-bond donors (Lipinski definition) is 2. The molecule has 0 spiro atoms. The predicted molar refractivity (Wildman–Crippen MR) is 157 cm³/mol. The normalized spacial score (nSPS) is 32.0. The number of ether oxygens (including phenoxy) is 7. The molecule has 0 bridgehead atoms. The van der Waals surface area contributed by atoms with Crippen molar-refractivity contribution in [2.45, 2.75) is 148 Å². The molecule has 2 aliphatic rings. The van der Waals surface area contributed by atoms with Crippen molar-refractivity contribution in [2.75, 3.05) is 21.3 Å². The van der Waals surface area contributed by atoms with E-state index < -0.39 is 42.4 Å². The Balaban J connectivity index is 0.000000821. The summed E-state index contributed by atoms with van der Waals surface area (Å²) in [6, 6.07) is -1.25. The molecule has 0 saturated carbocycles. The number of aliphatic hydroxyl groups excluding tert-OH is 1. The summed E-state index contributed by atoms with van der Waals surface area (Å²) in [5, 5.41) is 12.4. The highest BCUT2D eigenvalue weighted by Crippen LogP contribution is 2.29. The van der Waals surface area contributed by atoms with Crippen LogP contribution < -0.4 is 5.32 Å². The van der Waals surface area contributed by atoms with E-state index in [-0.39, 0.29) is 62.8 Å². The lowest BCUT2D eigenvalue weighted by Gasteiger charge is -2.29. The number of hydrogen-bond acceptors (Lipinski definition) is 10. The summed E-state index contributed by atoms with van der Waals surface area (Å²) in [5.74, 6) is -0.686. The number of rotatable bonds is 14. The molecule has 41 heavy (non-hydrogen) atoms. The van der Waals surface area contributed by atoms with Gasteiger partial charge in [0, 0.05) is 39.7 Å². The van der Waals surface area contributed by atoms with Crippen molar-refractivity contribution >= 4 is 27.6 Å². The average molecular weight is 585 g/mol. The molecule has 0 aliphatic carbocycles. The highest BCUT2D eigenvalue weighted by Gasteiger charge is 2.45. The lowest BCUT2D eigenvalue weighted by atomic mass is 9.92. The average Bonchev–Trinajstić information content (AvgIpc) is 3.39. The number of methoxy groups -OCH3 is 2. The molecular weight excluding hydrogens is 532 g/mol. The SMILES string of the molecule is C.[B][C@@H]1O[C@H](CC)C(O)[C@@H]1O[C@H](C)[C@@H](C)OC.[B][C@@H]1O[C@H](CC)C(OC(=O)CCC(=O)NC)[C@@H]1O[C@H](C)[C@@H](C)OC. The topological polar surface area (TPSA) is 131 Å². The zero-order valence-corrected chi connectivity index (χ0v) is 25.5. The van der Waals surface area contributed by atoms with Gasteiger partial charge >= 0.3 is 5.97 Å². The first-order chi connectivity index (χ1) is 18.8. The Morgan fingerprint density at radius 1 is 0.805 bits per heavy atom.